The van der Waals surface area contributed by atoms with Gasteiger partial charge in [0.15, 0.2) is 0 Å². The highest BCUT2D eigenvalue weighted by Gasteiger charge is 2.33. The third-order valence-electron chi connectivity index (χ3n) is 5.02. The fourth-order valence-electron chi connectivity index (χ4n) is 3.50. The molecule has 1 unspecified atom stereocenters. The lowest BCUT2D eigenvalue weighted by Crippen LogP contribution is -2.44. The minimum Gasteiger partial charge on any atom is -0.374 e. The molecule has 2 aliphatic rings. The Kier molecular flexibility index (Phi) is 4.38. The van der Waals surface area contributed by atoms with Crippen LogP contribution >= 0.6 is 0 Å². The second kappa shape index (κ2) is 5.50. The van der Waals surface area contributed by atoms with E-state index in [1.54, 1.807) is 0 Å². The van der Waals surface area contributed by atoms with Crippen LogP contribution in [0, 0.1) is 11.3 Å². The highest BCUT2D eigenvalue weighted by atomic mass is 16.5. The third-order valence-corrected chi connectivity index (χ3v) is 5.02. The van der Waals surface area contributed by atoms with Crippen molar-refractivity contribution in [2.45, 2.75) is 77.9 Å². The lowest BCUT2D eigenvalue weighted by Gasteiger charge is -2.38. The van der Waals surface area contributed by atoms with Crippen LogP contribution in [0.5, 0.6) is 0 Å². The van der Waals surface area contributed by atoms with Crippen molar-refractivity contribution in [1.29, 1.82) is 0 Å². The topological polar surface area (TPSA) is 21.3 Å². The molecule has 0 aromatic carbocycles. The molecule has 0 bridgehead atoms. The maximum atomic E-state index is 5.84. The molecule has 18 heavy (non-hydrogen) atoms. The van der Waals surface area contributed by atoms with E-state index >= 15 is 0 Å². The van der Waals surface area contributed by atoms with Gasteiger partial charge in [-0.25, -0.2) is 0 Å². The Bertz CT molecular complexity index is 255. The Labute approximate surface area is 113 Å². The van der Waals surface area contributed by atoms with E-state index in [2.05, 4.69) is 33.0 Å². The summed E-state index contributed by atoms with van der Waals surface area (Å²) in [4.78, 5) is 0. The van der Waals surface area contributed by atoms with Crippen LogP contribution < -0.4 is 5.32 Å². The van der Waals surface area contributed by atoms with E-state index in [0.29, 0.717) is 5.41 Å². The van der Waals surface area contributed by atoms with Crippen molar-refractivity contribution in [2.24, 2.45) is 11.3 Å². The van der Waals surface area contributed by atoms with Gasteiger partial charge in [-0.3, -0.25) is 0 Å². The molecule has 0 aromatic rings. The van der Waals surface area contributed by atoms with Gasteiger partial charge in [0.2, 0.25) is 0 Å². The average molecular weight is 253 g/mol. The van der Waals surface area contributed by atoms with E-state index in [1.165, 1.54) is 38.5 Å². The maximum absolute atomic E-state index is 5.84. The molecule has 0 radical (unpaired) electrons. The smallest absolute Gasteiger partial charge is 0.0779 e. The number of hydrogen-bond donors (Lipinski definition) is 1. The first-order valence-electron chi connectivity index (χ1n) is 7.76. The van der Waals surface area contributed by atoms with Crippen LogP contribution in [0.15, 0.2) is 0 Å². The first-order valence-corrected chi connectivity index (χ1v) is 7.76. The Morgan fingerprint density at radius 3 is 2.33 bits per heavy atom. The Morgan fingerprint density at radius 1 is 1.17 bits per heavy atom. The van der Waals surface area contributed by atoms with Crippen molar-refractivity contribution in [3.05, 3.63) is 0 Å². The lowest BCUT2D eigenvalue weighted by atomic mass is 9.71. The molecule has 0 spiro atoms. The molecule has 1 saturated carbocycles. The van der Waals surface area contributed by atoms with Crippen molar-refractivity contribution in [1.82, 2.24) is 5.32 Å². The van der Waals surface area contributed by atoms with Crippen LogP contribution in [0.25, 0.3) is 0 Å². The minimum absolute atomic E-state index is 0.112. The third kappa shape index (κ3) is 3.71. The van der Waals surface area contributed by atoms with Gasteiger partial charge in [-0.05, 0) is 56.8 Å². The van der Waals surface area contributed by atoms with Gasteiger partial charge < -0.3 is 10.1 Å². The Hall–Kier alpha value is -0.0800. The molecule has 2 nitrogen and oxygen atoms in total. The summed E-state index contributed by atoms with van der Waals surface area (Å²) in [6.45, 7) is 11.4. The highest BCUT2D eigenvalue weighted by Crippen LogP contribution is 2.37. The summed E-state index contributed by atoms with van der Waals surface area (Å²) in [5.41, 5.74) is 0.604. The molecule has 106 valence electrons. The van der Waals surface area contributed by atoms with Gasteiger partial charge in [-0.15, -0.1) is 0 Å². The zero-order valence-electron chi connectivity index (χ0n) is 12.7. The van der Waals surface area contributed by atoms with Gasteiger partial charge in [-0.2, -0.15) is 0 Å². The van der Waals surface area contributed by atoms with Crippen molar-refractivity contribution >= 4 is 0 Å². The summed E-state index contributed by atoms with van der Waals surface area (Å²) in [6.07, 6.45) is 7.92. The predicted molar refractivity (Wildman–Crippen MR) is 76.8 cm³/mol. The van der Waals surface area contributed by atoms with E-state index in [1.807, 2.05) is 0 Å². The van der Waals surface area contributed by atoms with Crippen molar-refractivity contribution in [2.75, 3.05) is 13.2 Å². The van der Waals surface area contributed by atoms with Crippen molar-refractivity contribution in [3.8, 4) is 0 Å². The average Bonchev–Trinajstić information content (AvgIpc) is 2.74. The molecule has 1 aliphatic carbocycles. The molecular weight excluding hydrogens is 222 g/mol. The number of rotatable bonds is 3. The van der Waals surface area contributed by atoms with E-state index in [9.17, 15) is 0 Å². The van der Waals surface area contributed by atoms with Crippen molar-refractivity contribution < 1.29 is 4.74 Å². The molecule has 1 aliphatic heterocycles. The summed E-state index contributed by atoms with van der Waals surface area (Å²) in [7, 11) is 0. The number of ether oxygens (including phenoxy) is 1. The second-order valence-corrected chi connectivity index (χ2v) is 7.70. The predicted octanol–water partition coefficient (Wildman–Crippen LogP) is 3.75. The zero-order valence-corrected chi connectivity index (χ0v) is 12.7. The molecule has 2 heteroatoms. The van der Waals surface area contributed by atoms with E-state index in [0.717, 1.165) is 25.1 Å². The van der Waals surface area contributed by atoms with Crippen LogP contribution in [0.1, 0.15) is 66.2 Å². The fraction of sp³-hybridized carbons (Fsp3) is 1.00. The molecule has 0 amide bonds. The van der Waals surface area contributed by atoms with Gasteiger partial charge >= 0.3 is 0 Å². The van der Waals surface area contributed by atoms with Gasteiger partial charge in [0.25, 0.3) is 0 Å². The van der Waals surface area contributed by atoms with Crippen LogP contribution in [0.4, 0.5) is 0 Å². The van der Waals surface area contributed by atoms with Crippen LogP contribution in [-0.2, 0) is 4.74 Å². The summed E-state index contributed by atoms with van der Waals surface area (Å²) in [5.74, 6) is 0.911. The molecule has 1 atom stereocenters. The summed E-state index contributed by atoms with van der Waals surface area (Å²) in [6, 6.07) is 0.727. The Morgan fingerprint density at radius 2 is 1.83 bits per heavy atom. The SMILES string of the molecule is CC1(CNC2CCC(C(C)(C)C)CC2)CCCO1. The van der Waals surface area contributed by atoms with Crippen molar-refractivity contribution in [3.63, 3.8) is 0 Å². The minimum atomic E-state index is 0.112. The largest absolute Gasteiger partial charge is 0.374 e. The van der Waals surface area contributed by atoms with E-state index < -0.39 is 0 Å². The fourth-order valence-corrected chi connectivity index (χ4v) is 3.50. The molecular formula is C16H31NO. The Balaban J connectivity index is 1.71. The van der Waals surface area contributed by atoms with E-state index in [4.69, 9.17) is 4.74 Å². The standard InChI is InChI=1S/C16H31NO/c1-15(2,3)13-6-8-14(9-7-13)17-12-16(4)10-5-11-18-16/h13-14,17H,5-12H2,1-4H3. The monoisotopic (exact) mass is 253 g/mol. The first kappa shape index (κ1) is 14.3. The zero-order chi connectivity index (χ0) is 13.2. The van der Waals surface area contributed by atoms with Crippen LogP contribution in [-0.4, -0.2) is 24.8 Å². The molecule has 0 aromatic heterocycles. The highest BCUT2D eigenvalue weighted by molar-refractivity contribution is 4.87. The summed E-state index contributed by atoms with van der Waals surface area (Å²) < 4.78 is 5.84. The van der Waals surface area contributed by atoms with Gasteiger partial charge in [0.1, 0.15) is 0 Å². The lowest BCUT2D eigenvalue weighted by molar-refractivity contribution is 0.0165. The summed E-state index contributed by atoms with van der Waals surface area (Å²) in [5, 5.41) is 3.75. The van der Waals surface area contributed by atoms with Crippen LogP contribution in [0.3, 0.4) is 0 Å². The summed E-state index contributed by atoms with van der Waals surface area (Å²) >= 11 is 0. The number of nitrogens with one attached hydrogen (secondary N) is 1. The maximum Gasteiger partial charge on any atom is 0.0779 e. The van der Waals surface area contributed by atoms with Crippen LogP contribution in [0.2, 0.25) is 0 Å². The first-order chi connectivity index (χ1) is 8.39. The molecule has 1 heterocycles. The quantitative estimate of drug-likeness (QED) is 0.827. The van der Waals surface area contributed by atoms with Gasteiger partial charge in [0.05, 0.1) is 5.60 Å². The van der Waals surface area contributed by atoms with Gasteiger partial charge in [-0.1, -0.05) is 20.8 Å². The van der Waals surface area contributed by atoms with E-state index in [-0.39, 0.29) is 5.60 Å². The molecule has 1 N–H and O–H groups in total. The van der Waals surface area contributed by atoms with Gasteiger partial charge in [0, 0.05) is 19.2 Å². The number of hydrogen-bond acceptors (Lipinski definition) is 2. The molecule has 1 saturated heterocycles. The molecule has 2 fully saturated rings. The second-order valence-electron chi connectivity index (χ2n) is 7.70. The molecule has 2 rings (SSSR count). The normalized spacial score (nSPS) is 38.0.